The molecular formula is C13H9ClF3N3O3. The predicted octanol–water partition coefficient (Wildman–Crippen LogP) is 2.39. The van der Waals surface area contributed by atoms with Crippen molar-refractivity contribution in [3.05, 3.63) is 51.4 Å². The molecule has 1 heterocycles. The Hall–Kier alpha value is -2.52. The Morgan fingerprint density at radius 1 is 1.35 bits per heavy atom. The van der Waals surface area contributed by atoms with E-state index in [1.807, 2.05) is 0 Å². The van der Waals surface area contributed by atoms with Gasteiger partial charge in [-0.25, -0.2) is 5.06 Å². The number of pyridine rings is 1. The summed E-state index contributed by atoms with van der Waals surface area (Å²) in [6.07, 6.45) is -3.11. The molecule has 0 radical (unpaired) electrons. The standard InChI is InChI=1S/C13H9ClF3N3O3/c14-8-4-6(13(15,16)17)3-7-9(5-11(22)19-12(7)8)20(23)2-1-10(18)21/h1-5,23H,(H2,18,21)(H,19,22). The van der Waals surface area contributed by atoms with Crippen molar-refractivity contribution in [2.75, 3.05) is 5.06 Å². The molecule has 0 aliphatic carbocycles. The van der Waals surface area contributed by atoms with Crippen LogP contribution in [0.4, 0.5) is 18.9 Å². The molecule has 0 unspecified atom stereocenters. The third kappa shape index (κ3) is 3.63. The highest BCUT2D eigenvalue weighted by Crippen LogP contribution is 2.36. The first-order chi connectivity index (χ1) is 10.6. The molecule has 6 nitrogen and oxygen atoms in total. The van der Waals surface area contributed by atoms with Crippen molar-refractivity contribution in [2.45, 2.75) is 6.18 Å². The Labute approximate surface area is 131 Å². The Kier molecular flexibility index (Phi) is 4.35. The van der Waals surface area contributed by atoms with E-state index in [-0.39, 0.29) is 21.6 Å². The number of primary amides is 1. The summed E-state index contributed by atoms with van der Waals surface area (Å²) in [5, 5.41) is 9.63. The molecule has 2 rings (SSSR count). The van der Waals surface area contributed by atoms with Crippen LogP contribution >= 0.6 is 11.6 Å². The summed E-state index contributed by atoms with van der Waals surface area (Å²) in [7, 11) is 0. The average Bonchev–Trinajstić information content (AvgIpc) is 2.43. The van der Waals surface area contributed by atoms with Gasteiger partial charge in [-0.2, -0.15) is 13.2 Å². The molecule has 1 amide bonds. The number of amides is 1. The second-order valence-electron chi connectivity index (χ2n) is 4.46. The highest BCUT2D eigenvalue weighted by atomic mass is 35.5. The van der Waals surface area contributed by atoms with Crippen LogP contribution in [0.2, 0.25) is 5.02 Å². The zero-order valence-electron chi connectivity index (χ0n) is 11.2. The van der Waals surface area contributed by atoms with Gasteiger partial charge in [0.25, 0.3) is 5.56 Å². The summed E-state index contributed by atoms with van der Waals surface area (Å²) in [5.41, 5.74) is 2.71. The van der Waals surface area contributed by atoms with Gasteiger partial charge < -0.3 is 10.7 Å². The molecule has 23 heavy (non-hydrogen) atoms. The van der Waals surface area contributed by atoms with Gasteiger partial charge in [0.15, 0.2) is 0 Å². The molecule has 1 aromatic heterocycles. The molecule has 4 N–H and O–H groups in total. The summed E-state index contributed by atoms with van der Waals surface area (Å²) in [6.45, 7) is 0. The van der Waals surface area contributed by atoms with Crippen molar-refractivity contribution in [1.82, 2.24) is 4.98 Å². The Morgan fingerprint density at radius 2 is 2.00 bits per heavy atom. The van der Waals surface area contributed by atoms with E-state index in [0.29, 0.717) is 17.2 Å². The summed E-state index contributed by atoms with van der Waals surface area (Å²) in [5.74, 6) is -0.896. The van der Waals surface area contributed by atoms with E-state index in [1.54, 1.807) is 0 Å². The fourth-order valence-electron chi connectivity index (χ4n) is 1.87. The smallest absolute Gasteiger partial charge is 0.366 e. The van der Waals surface area contributed by atoms with Crippen molar-refractivity contribution in [3.63, 3.8) is 0 Å². The minimum atomic E-state index is -4.67. The van der Waals surface area contributed by atoms with Crippen LogP contribution in [0.15, 0.2) is 35.3 Å². The van der Waals surface area contributed by atoms with E-state index in [0.717, 1.165) is 18.3 Å². The number of carbonyl (C=O) groups excluding carboxylic acids is 1. The number of halogens is 4. The Bertz CT molecular complexity index is 861. The first kappa shape index (κ1) is 16.8. The number of benzene rings is 1. The highest BCUT2D eigenvalue weighted by molar-refractivity contribution is 6.35. The highest BCUT2D eigenvalue weighted by Gasteiger charge is 2.32. The lowest BCUT2D eigenvalue weighted by molar-refractivity contribution is -0.137. The number of hydrogen-bond donors (Lipinski definition) is 3. The maximum Gasteiger partial charge on any atom is 0.416 e. The number of hydrogen-bond acceptors (Lipinski definition) is 4. The molecule has 0 aliphatic heterocycles. The number of nitrogens with two attached hydrogens (primary N) is 1. The monoisotopic (exact) mass is 347 g/mol. The molecule has 0 spiro atoms. The maximum absolute atomic E-state index is 12.9. The number of aromatic nitrogens is 1. The van der Waals surface area contributed by atoms with E-state index in [2.05, 4.69) is 4.98 Å². The Morgan fingerprint density at radius 3 is 2.57 bits per heavy atom. The SMILES string of the molecule is NC(=O)C=CN(O)c1cc(=O)[nH]c2c(Cl)cc(C(F)(F)F)cc12. The second kappa shape index (κ2) is 5.94. The number of alkyl halides is 3. The molecule has 122 valence electrons. The van der Waals surface area contributed by atoms with E-state index in [4.69, 9.17) is 17.3 Å². The minimum absolute atomic E-state index is 0.0892. The summed E-state index contributed by atoms with van der Waals surface area (Å²) < 4.78 is 38.6. The van der Waals surface area contributed by atoms with Gasteiger partial charge in [0.1, 0.15) is 0 Å². The first-order valence-corrected chi connectivity index (χ1v) is 6.37. The summed E-state index contributed by atoms with van der Waals surface area (Å²) in [6, 6.07) is 2.22. The molecule has 1 aromatic carbocycles. The van der Waals surface area contributed by atoms with Crippen LogP contribution < -0.4 is 16.4 Å². The van der Waals surface area contributed by atoms with Crippen LogP contribution in [0.5, 0.6) is 0 Å². The Balaban J connectivity index is 2.75. The molecule has 0 aliphatic rings. The summed E-state index contributed by atoms with van der Waals surface area (Å²) in [4.78, 5) is 24.5. The van der Waals surface area contributed by atoms with Crippen molar-refractivity contribution >= 4 is 34.1 Å². The molecule has 0 saturated heterocycles. The van der Waals surface area contributed by atoms with E-state index in [1.165, 1.54) is 0 Å². The minimum Gasteiger partial charge on any atom is -0.366 e. The molecular weight excluding hydrogens is 339 g/mol. The zero-order valence-corrected chi connectivity index (χ0v) is 11.9. The number of rotatable bonds is 3. The maximum atomic E-state index is 12.9. The number of anilines is 1. The van der Waals surface area contributed by atoms with Crippen LogP contribution in [-0.2, 0) is 11.0 Å². The van der Waals surface area contributed by atoms with Crippen molar-refractivity contribution in [2.24, 2.45) is 5.73 Å². The third-order valence-electron chi connectivity index (χ3n) is 2.84. The van der Waals surface area contributed by atoms with Crippen molar-refractivity contribution < 1.29 is 23.2 Å². The van der Waals surface area contributed by atoms with E-state index < -0.39 is 23.2 Å². The molecule has 10 heteroatoms. The van der Waals surface area contributed by atoms with Crippen LogP contribution in [-0.4, -0.2) is 16.1 Å². The predicted molar refractivity (Wildman–Crippen MR) is 77.2 cm³/mol. The van der Waals surface area contributed by atoms with Crippen LogP contribution in [0.1, 0.15) is 5.56 Å². The molecule has 0 saturated carbocycles. The number of nitrogens with zero attached hydrogens (tertiary/aromatic N) is 1. The molecule has 0 fully saturated rings. The molecule has 0 atom stereocenters. The fourth-order valence-corrected chi connectivity index (χ4v) is 2.14. The summed E-state index contributed by atoms with van der Waals surface area (Å²) >= 11 is 5.78. The van der Waals surface area contributed by atoms with Gasteiger partial charge >= 0.3 is 6.18 Å². The van der Waals surface area contributed by atoms with Gasteiger partial charge in [-0.1, -0.05) is 11.6 Å². The van der Waals surface area contributed by atoms with Gasteiger partial charge in [-0.15, -0.1) is 0 Å². The lowest BCUT2D eigenvalue weighted by Gasteiger charge is -2.16. The number of hydroxylamine groups is 1. The zero-order chi connectivity index (χ0) is 17.4. The first-order valence-electron chi connectivity index (χ1n) is 5.99. The van der Waals surface area contributed by atoms with Gasteiger partial charge in [-0.05, 0) is 12.1 Å². The topological polar surface area (TPSA) is 99.4 Å². The van der Waals surface area contributed by atoms with E-state index >= 15 is 0 Å². The third-order valence-corrected chi connectivity index (χ3v) is 3.13. The number of carbonyl (C=O) groups is 1. The van der Waals surface area contributed by atoms with Crippen molar-refractivity contribution in [1.29, 1.82) is 0 Å². The fraction of sp³-hybridized carbons (Fsp3) is 0.0769. The average molecular weight is 348 g/mol. The number of H-pyrrole nitrogens is 1. The van der Waals surface area contributed by atoms with Gasteiger partial charge in [0.2, 0.25) is 5.91 Å². The van der Waals surface area contributed by atoms with Crippen LogP contribution in [0, 0.1) is 0 Å². The van der Waals surface area contributed by atoms with Crippen LogP contribution in [0.25, 0.3) is 10.9 Å². The molecule has 0 bridgehead atoms. The molecule has 2 aromatic rings. The number of fused-ring (bicyclic) bond motifs is 1. The van der Waals surface area contributed by atoms with Crippen LogP contribution in [0.3, 0.4) is 0 Å². The lowest BCUT2D eigenvalue weighted by Crippen LogP contribution is -2.17. The number of aromatic amines is 1. The quantitative estimate of drug-likeness (QED) is 0.586. The number of nitrogens with one attached hydrogen (secondary N) is 1. The van der Waals surface area contributed by atoms with Gasteiger partial charge in [0, 0.05) is 23.7 Å². The van der Waals surface area contributed by atoms with Crippen molar-refractivity contribution in [3.8, 4) is 0 Å². The second-order valence-corrected chi connectivity index (χ2v) is 4.87. The van der Waals surface area contributed by atoms with Gasteiger partial charge in [-0.3, -0.25) is 14.8 Å². The largest absolute Gasteiger partial charge is 0.416 e. The normalized spacial score (nSPS) is 12.0. The van der Waals surface area contributed by atoms with Gasteiger partial charge in [0.05, 0.1) is 21.8 Å². The lowest BCUT2D eigenvalue weighted by atomic mass is 10.1. The van der Waals surface area contributed by atoms with E-state index in [9.17, 15) is 28.0 Å².